The maximum Gasteiger partial charge on any atom is 0.171 e. The summed E-state index contributed by atoms with van der Waals surface area (Å²) in [6, 6.07) is 26.7. The van der Waals surface area contributed by atoms with Crippen molar-refractivity contribution in [2.75, 3.05) is 13.7 Å². The van der Waals surface area contributed by atoms with E-state index in [-0.39, 0.29) is 6.61 Å². The predicted octanol–water partition coefficient (Wildman–Crippen LogP) is 6.05. The number of aromatic nitrogens is 1. The zero-order valence-electron chi connectivity index (χ0n) is 18.0. The Morgan fingerprint density at radius 2 is 1.59 bits per heavy atom. The molecular weight excluding hydrogens is 398 g/mol. The van der Waals surface area contributed by atoms with Gasteiger partial charge in [-0.15, -0.1) is 0 Å². The number of fused-ring (bicyclic) bond motifs is 5. The van der Waals surface area contributed by atoms with E-state index < -0.39 is 0 Å². The van der Waals surface area contributed by atoms with E-state index in [2.05, 4.69) is 30.3 Å². The number of ether oxygens (including phenoxy) is 2. The fraction of sp³-hybridized carbons (Fsp3) is 0.179. The summed E-state index contributed by atoms with van der Waals surface area (Å²) < 4.78 is 12.0. The van der Waals surface area contributed by atoms with Crippen LogP contribution in [0.5, 0.6) is 11.5 Å². The first kappa shape index (κ1) is 20.3. The Hall–Kier alpha value is -3.63. The molecule has 5 aromatic rings. The van der Waals surface area contributed by atoms with Gasteiger partial charge in [-0.05, 0) is 41.3 Å². The molecule has 0 atom stereocenters. The van der Waals surface area contributed by atoms with E-state index >= 15 is 0 Å². The number of aryl methyl sites for hydroxylation is 1. The highest BCUT2D eigenvalue weighted by molar-refractivity contribution is 6.17. The van der Waals surface area contributed by atoms with Crippen molar-refractivity contribution < 1.29 is 14.6 Å². The Kier molecular flexibility index (Phi) is 5.61. The number of hydrogen-bond donors (Lipinski definition) is 1. The SMILES string of the molecule is COc1ccc2c(c(CCCO)nc3c4ccccc4ccc23)c1OCc1ccccc1. The minimum atomic E-state index is 0.112. The molecule has 160 valence electrons. The highest BCUT2D eigenvalue weighted by Gasteiger charge is 2.18. The molecule has 0 saturated carbocycles. The van der Waals surface area contributed by atoms with Crippen molar-refractivity contribution in [1.82, 2.24) is 4.98 Å². The molecule has 4 nitrogen and oxygen atoms in total. The van der Waals surface area contributed by atoms with Crippen molar-refractivity contribution in [3.8, 4) is 11.5 Å². The molecule has 0 spiro atoms. The van der Waals surface area contributed by atoms with E-state index in [1.165, 1.54) is 0 Å². The Morgan fingerprint density at radius 1 is 0.812 bits per heavy atom. The highest BCUT2D eigenvalue weighted by Crippen LogP contribution is 2.42. The zero-order chi connectivity index (χ0) is 21.9. The number of methoxy groups -OCH3 is 1. The van der Waals surface area contributed by atoms with Crippen molar-refractivity contribution in [1.29, 1.82) is 0 Å². The van der Waals surface area contributed by atoms with E-state index in [1.54, 1.807) is 7.11 Å². The van der Waals surface area contributed by atoms with Gasteiger partial charge in [-0.1, -0.05) is 66.7 Å². The third kappa shape index (κ3) is 3.63. The van der Waals surface area contributed by atoms with Gasteiger partial charge >= 0.3 is 0 Å². The smallest absolute Gasteiger partial charge is 0.171 e. The molecule has 0 radical (unpaired) electrons. The molecule has 0 unspecified atom stereocenters. The summed E-state index contributed by atoms with van der Waals surface area (Å²) in [6.07, 6.45) is 1.29. The first-order valence-corrected chi connectivity index (χ1v) is 10.9. The van der Waals surface area contributed by atoms with Gasteiger partial charge in [-0.3, -0.25) is 4.98 Å². The van der Waals surface area contributed by atoms with Crippen molar-refractivity contribution >= 4 is 32.4 Å². The van der Waals surface area contributed by atoms with Crippen LogP contribution in [0.3, 0.4) is 0 Å². The Bertz CT molecular complexity index is 1400. The van der Waals surface area contributed by atoms with Crippen LogP contribution >= 0.6 is 0 Å². The number of aliphatic hydroxyl groups is 1. The molecule has 0 aliphatic heterocycles. The second kappa shape index (κ2) is 8.85. The molecule has 4 heteroatoms. The number of nitrogens with zero attached hydrogens (tertiary/aromatic N) is 1. The fourth-order valence-corrected chi connectivity index (χ4v) is 4.32. The van der Waals surface area contributed by atoms with Crippen LogP contribution < -0.4 is 9.47 Å². The maximum atomic E-state index is 9.52. The first-order chi connectivity index (χ1) is 15.8. The van der Waals surface area contributed by atoms with Gasteiger partial charge in [0, 0.05) is 22.8 Å². The molecule has 0 saturated heterocycles. The standard InChI is InChI=1S/C28H25NO3/c1-31-25-16-15-22-23-14-13-20-10-5-6-11-21(20)27(23)29-24(12-7-17-30)26(22)28(25)32-18-19-8-3-2-4-9-19/h2-6,8-11,13-16,30H,7,12,17-18H2,1H3. The third-order valence-electron chi connectivity index (χ3n) is 5.87. The van der Waals surface area contributed by atoms with Crippen molar-refractivity contribution in [2.24, 2.45) is 0 Å². The summed E-state index contributed by atoms with van der Waals surface area (Å²) in [6.45, 7) is 0.548. The molecule has 32 heavy (non-hydrogen) atoms. The Labute approximate surface area is 187 Å². The van der Waals surface area contributed by atoms with Gasteiger partial charge < -0.3 is 14.6 Å². The monoisotopic (exact) mass is 423 g/mol. The number of hydrogen-bond acceptors (Lipinski definition) is 4. The minimum absolute atomic E-state index is 0.112. The molecule has 0 amide bonds. The molecule has 1 aromatic heterocycles. The maximum absolute atomic E-state index is 9.52. The molecule has 0 aliphatic carbocycles. The lowest BCUT2D eigenvalue weighted by molar-refractivity contribution is 0.285. The quantitative estimate of drug-likeness (QED) is 0.324. The van der Waals surface area contributed by atoms with Crippen LogP contribution in [0.15, 0.2) is 78.9 Å². The van der Waals surface area contributed by atoms with Crippen LogP contribution in [0.25, 0.3) is 32.4 Å². The zero-order valence-corrected chi connectivity index (χ0v) is 18.0. The van der Waals surface area contributed by atoms with Crippen LogP contribution in [-0.2, 0) is 13.0 Å². The van der Waals surface area contributed by atoms with E-state index in [9.17, 15) is 5.11 Å². The number of aliphatic hydroxyl groups excluding tert-OH is 1. The third-order valence-corrected chi connectivity index (χ3v) is 5.87. The molecule has 1 heterocycles. The van der Waals surface area contributed by atoms with Crippen LogP contribution in [-0.4, -0.2) is 23.8 Å². The van der Waals surface area contributed by atoms with Crippen LogP contribution in [0.1, 0.15) is 17.7 Å². The Morgan fingerprint density at radius 3 is 2.41 bits per heavy atom. The molecule has 1 N–H and O–H groups in total. The lowest BCUT2D eigenvalue weighted by Crippen LogP contribution is -2.03. The van der Waals surface area contributed by atoms with Gasteiger partial charge in [-0.2, -0.15) is 0 Å². The fourth-order valence-electron chi connectivity index (χ4n) is 4.32. The summed E-state index contributed by atoms with van der Waals surface area (Å²) in [7, 11) is 1.66. The minimum Gasteiger partial charge on any atom is -0.493 e. The van der Waals surface area contributed by atoms with Gasteiger partial charge in [0.15, 0.2) is 11.5 Å². The second-order valence-corrected chi connectivity index (χ2v) is 7.86. The molecule has 4 aromatic carbocycles. The molecule has 5 rings (SSSR count). The predicted molar refractivity (Wildman–Crippen MR) is 129 cm³/mol. The van der Waals surface area contributed by atoms with E-state index in [0.29, 0.717) is 30.9 Å². The van der Waals surface area contributed by atoms with Crippen molar-refractivity contribution in [3.05, 3.63) is 90.1 Å². The number of pyridine rings is 1. The molecule has 0 fully saturated rings. The summed E-state index contributed by atoms with van der Waals surface area (Å²) >= 11 is 0. The van der Waals surface area contributed by atoms with E-state index in [1.807, 2.05) is 48.5 Å². The Balaban J connectivity index is 1.77. The van der Waals surface area contributed by atoms with Gasteiger partial charge in [0.25, 0.3) is 0 Å². The topological polar surface area (TPSA) is 51.6 Å². The van der Waals surface area contributed by atoms with Gasteiger partial charge in [0.1, 0.15) is 6.61 Å². The lowest BCUT2D eigenvalue weighted by Gasteiger charge is -2.18. The molecule has 0 bridgehead atoms. The van der Waals surface area contributed by atoms with Gasteiger partial charge in [-0.25, -0.2) is 0 Å². The van der Waals surface area contributed by atoms with Gasteiger partial charge in [0.2, 0.25) is 0 Å². The first-order valence-electron chi connectivity index (χ1n) is 10.9. The van der Waals surface area contributed by atoms with Crippen LogP contribution in [0, 0.1) is 0 Å². The van der Waals surface area contributed by atoms with E-state index in [0.717, 1.165) is 43.7 Å². The van der Waals surface area contributed by atoms with Crippen LogP contribution in [0.4, 0.5) is 0 Å². The second-order valence-electron chi connectivity index (χ2n) is 7.86. The summed E-state index contributed by atoms with van der Waals surface area (Å²) in [5.74, 6) is 1.38. The summed E-state index contributed by atoms with van der Waals surface area (Å²) in [4.78, 5) is 5.11. The van der Waals surface area contributed by atoms with Crippen LogP contribution in [0.2, 0.25) is 0 Å². The summed E-state index contributed by atoms with van der Waals surface area (Å²) in [5.41, 5.74) is 2.98. The molecule has 0 aliphatic rings. The highest BCUT2D eigenvalue weighted by atomic mass is 16.5. The van der Waals surface area contributed by atoms with Crippen molar-refractivity contribution in [2.45, 2.75) is 19.4 Å². The molecular formula is C28H25NO3. The van der Waals surface area contributed by atoms with Crippen molar-refractivity contribution in [3.63, 3.8) is 0 Å². The normalized spacial score (nSPS) is 11.3. The lowest BCUT2D eigenvalue weighted by atomic mass is 9.97. The average Bonchev–Trinajstić information content (AvgIpc) is 2.86. The van der Waals surface area contributed by atoms with Gasteiger partial charge in [0.05, 0.1) is 18.3 Å². The number of rotatable bonds is 7. The van der Waals surface area contributed by atoms with E-state index in [4.69, 9.17) is 14.5 Å². The summed E-state index contributed by atoms with van der Waals surface area (Å²) in [5, 5.41) is 14.9. The number of benzene rings is 4. The average molecular weight is 424 g/mol. The largest absolute Gasteiger partial charge is 0.493 e.